The monoisotopic (exact) mass is 221 g/mol. The summed E-state index contributed by atoms with van der Waals surface area (Å²) < 4.78 is 0. The Labute approximate surface area is 86.9 Å². The zero-order valence-electron chi connectivity index (χ0n) is 7.79. The van der Waals surface area contributed by atoms with Gasteiger partial charge >= 0.3 is 0 Å². The smallest absolute Gasteiger partial charge is 0.242 e. The third kappa shape index (κ3) is 5.95. The average Bonchev–Trinajstić information content (AvgIpc) is 2.13. The van der Waals surface area contributed by atoms with Crippen LogP contribution in [0.25, 0.3) is 0 Å². The molecule has 0 unspecified atom stereocenters. The molecule has 0 aromatic rings. The number of carbonyl (C=O) groups excluding carboxylic acids is 1. The lowest BCUT2D eigenvalue weighted by Crippen LogP contribution is -2.42. The number of nitrogens with one attached hydrogen (secondary N) is 2. The van der Waals surface area contributed by atoms with Crippen molar-refractivity contribution in [3.8, 4) is 0 Å². The summed E-state index contributed by atoms with van der Waals surface area (Å²) in [5.41, 5.74) is 5.57. The molecule has 0 saturated heterocycles. The van der Waals surface area contributed by atoms with Gasteiger partial charge in [-0.05, 0) is 24.7 Å². The normalized spacial score (nSPS) is 12.2. The van der Waals surface area contributed by atoms with Crippen LogP contribution in [0.3, 0.4) is 0 Å². The summed E-state index contributed by atoms with van der Waals surface area (Å²) in [4.78, 5) is 11.2. The molecule has 0 aliphatic rings. The van der Waals surface area contributed by atoms with Crippen molar-refractivity contribution in [1.29, 1.82) is 5.41 Å². The molecule has 76 valence electrons. The van der Waals surface area contributed by atoms with Crippen LogP contribution >= 0.6 is 23.5 Å². The molecule has 0 saturated carbocycles. The van der Waals surface area contributed by atoms with Crippen LogP contribution in [-0.4, -0.2) is 35.4 Å². The molecular formula is C7H15N3OS2. The lowest BCUT2D eigenvalue weighted by atomic mass is 10.2. The van der Waals surface area contributed by atoms with Crippen LogP contribution in [-0.2, 0) is 4.79 Å². The van der Waals surface area contributed by atoms with E-state index in [0.29, 0.717) is 6.42 Å². The minimum Gasteiger partial charge on any atom is -0.320 e. The van der Waals surface area contributed by atoms with Crippen LogP contribution in [0.1, 0.15) is 6.42 Å². The summed E-state index contributed by atoms with van der Waals surface area (Å²) in [5.74, 6) is 0.592. The molecule has 0 radical (unpaired) electrons. The number of rotatable bonds is 4. The van der Waals surface area contributed by atoms with Gasteiger partial charge < -0.3 is 11.1 Å². The van der Waals surface area contributed by atoms with Gasteiger partial charge in [-0.1, -0.05) is 11.8 Å². The molecule has 0 rings (SSSR count). The molecule has 13 heavy (non-hydrogen) atoms. The van der Waals surface area contributed by atoms with E-state index in [2.05, 4.69) is 5.32 Å². The minimum atomic E-state index is -0.500. The Balaban J connectivity index is 3.75. The van der Waals surface area contributed by atoms with E-state index < -0.39 is 6.04 Å². The highest BCUT2D eigenvalue weighted by Crippen LogP contribution is 1.99. The summed E-state index contributed by atoms with van der Waals surface area (Å²) in [5, 5.41) is 9.76. The summed E-state index contributed by atoms with van der Waals surface area (Å²) in [6.07, 6.45) is 4.35. The fourth-order valence-corrected chi connectivity index (χ4v) is 1.32. The summed E-state index contributed by atoms with van der Waals surface area (Å²) >= 11 is 2.84. The maximum atomic E-state index is 11.2. The molecule has 0 aromatic heterocycles. The molecule has 1 atom stereocenters. The number of nitrogens with two attached hydrogens (primary N) is 1. The topological polar surface area (TPSA) is 79.0 Å². The molecule has 4 N–H and O–H groups in total. The number of thioether (sulfide) groups is 2. The van der Waals surface area contributed by atoms with Gasteiger partial charge in [-0.25, -0.2) is 0 Å². The second-order valence-corrected chi connectivity index (χ2v) is 4.21. The zero-order valence-corrected chi connectivity index (χ0v) is 9.43. The molecule has 0 spiro atoms. The Morgan fingerprint density at radius 2 is 2.23 bits per heavy atom. The number of hydrogen-bond donors (Lipinski definition) is 3. The maximum absolute atomic E-state index is 11.2. The van der Waals surface area contributed by atoms with Crippen molar-refractivity contribution in [2.24, 2.45) is 5.73 Å². The molecule has 4 nitrogen and oxygen atoms in total. The number of amidine groups is 1. The fraction of sp³-hybridized carbons (Fsp3) is 0.714. The Kier molecular flexibility index (Phi) is 7.12. The predicted molar refractivity (Wildman–Crippen MR) is 60.4 cm³/mol. The standard InChI is InChI=1S/C7H15N3OS2/c1-12-4-3-5(8)6(11)10-7(9)13-2/h5H,3-4,8H2,1-2H3,(H2,9,10,11)/t5-/m0/s1. The lowest BCUT2D eigenvalue weighted by Gasteiger charge is -2.10. The minimum absolute atomic E-state index is 0.143. The molecule has 0 aliphatic carbocycles. The first-order valence-corrected chi connectivity index (χ1v) is 6.41. The zero-order chi connectivity index (χ0) is 10.3. The molecule has 0 aromatic carbocycles. The van der Waals surface area contributed by atoms with E-state index in [1.807, 2.05) is 6.26 Å². The van der Waals surface area contributed by atoms with E-state index in [1.54, 1.807) is 18.0 Å². The molecule has 0 heterocycles. The second-order valence-electron chi connectivity index (χ2n) is 2.41. The van der Waals surface area contributed by atoms with Crippen molar-refractivity contribution in [2.75, 3.05) is 18.3 Å². The first-order chi connectivity index (χ1) is 6.11. The summed E-state index contributed by atoms with van der Waals surface area (Å²) in [6, 6.07) is -0.500. The van der Waals surface area contributed by atoms with Crippen LogP contribution in [0.4, 0.5) is 0 Å². The highest BCUT2D eigenvalue weighted by atomic mass is 32.2. The van der Waals surface area contributed by atoms with E-state index in [4.69, 9.17) is 11.1 Å². The first-order valence-electron chi connectivity index (χ1n) is 3.79. The van der Waals surface area contributed by atoms with Gasteiger partial charge in [0.15, 0.2) is 5.17 Å². The molecule has 1 amide bonds. The van der Waals surface area contributed by atoms with E-state index in [-0.39, 0.29) is 11.1 Å². The third-order valence-corrected chi connectivity index (χ3v) is 2.56. The first kappa shape index (κ1) is 12.8. The molecule has 6 heteroatoms. The quantitative estimate of drug-likeness (QED) is 0.476. The lowest BCUT2D eigenvalue weighted by molar-refractivity contribution is -0.120. The van der Waals surface area contributed by atoms with Crippen molar-refractivity contribution in [3.63, 3.8) is 0 Å². The number of amides is 1. The Bertz CT molecular complexity index is 187. The molecular weight excluding hydrogens is 206 g/mol. The number of hydrogen-bond acceptors (Lipinski definition) is 5. The highest BCUT2D eigenvalue weighted by molar-refractivity contribution is 8.13. The van der Waals surface area contributed by atoms with Crippen LogP contribution < -0.4 is 11.1 Å². The van der Waals surface area contributed by atoms with Crippen molar-refractivity contribution in [3.05, 3.63) is 0 Å². The maximum Gasteiger partial charge on any atom is 0.242 e. The molecule has 0 aliphatic heterocycles. The van der Waals surface area contributed by atoms with Gasteiger partial charge in [0.05, 0.1) is 6.04 Å². The van der Waals surface area contributed by atoms with Crippen molar-refractivity contribution in [2.45, 2.75) is 12.5 Å². The van der Waals surface area contributed by atoms with Crippen molar-refractivity contribution in [1.82, 2.24) is 5.32 Å². The van der Waals surface area contributed by atoms with Gasteiger partial charge in [-0.15, -0.1) is 0 Å². The Morgan fingerprint density at radius 1 is 1.62 bits per heavy atom. The van der Waals surface area contributed by atoms with E-state index in [1.165, 1.54) is 11.8 Å². The van der Waals surface area contributed by atoms with Crippen molar-refractivity contribution < 1.29 is 4.79 Å². The average molecular weight is 221 g/mol. The van der Waals surface area contributed by atoms with E-state index in [0.717, 1.165) is 5.75 Å². The van der Waals surface area contributed by atoms with Crippen molar-refractivity contribution >= 4 is 34.6 Å². The van der Waals surface area contributed by atoms with E-state index >= 15 is 0 Å². The van der Waals surface area contributed by atoms with Crippen LogP contribution in [0, 0.1) is 5.41 Å². The van der Waals surface area contributed by atoms with Crippen LogP contribution in [0.15, 0.2) is 0 Å². The third-order valence-electron chi connectivity index (χ3n) is 1.41. The van der Waals surface area contributed by atoms with Gasteiger partial charge in [0, 0.05) is 0 Å². The van der Waals surface area contributed by atoms with Gasteiger partial charge in [0.2, 0.25) is 5.91 Å². The molecule has 0 bridgehead atoms. The largest absolute Gasteiger partial charge is 0.320 e. The van der Waals surface area contributed by atoms with Gasteiger partial charge in [0.25, 0.3) is 0 Å². The van der Waals surface area contributed by atoms with Gasteiger partial charge in [-0.2, -0.15) is 11.8 Å². The Morgan fingerprint density at radius 3 is 2.69 bits per heavy atom. The summed E-state index contributed by atoms with van der Waals surface area (Å²) in [7, 11) is 0. The van der Waals surface area contributed by atoms with Gasteiger partial charge in [0.1, 0.15) is 0 Å². The van der Waals surface area contributed by atoms with Crippen LogP contribution in [0.5, 0.6) is 0 Å². The number of carbonyl (C=O) groups is 1. The fourth-order valence-electron chi connectivity index (χ4n) is 0.632. The van der Waals surface area contributed by atoms with Gasteiger partial charge in [-0.3, -0.25) is 10.2 Å². The summed E-state index contributed by atoms with van der Waals surface area (Å²) in [6.45, 7) is 0. The molecule has 0 fully saturated rings. The van der Waals surface area contributed by atoms with E-state index in [9.17, 15) is 4.79 Å². The highest BCUT2D eigenvalue weighted by Gasteiger charge is 2.13. The SMILES string of the molecule is CSCC[C@H](N)C(=O)NC(=N)SC. The second kappa shape index (κ2) is 7.23. The van der Waals surface area contributed by atoms with Crippen LogP contribution in [0.2, 0.25) is 0 Å². The predicted octanol–water partition coefficient (Wildman–Crippen LogP) is 0.481. The Hall–Kier alpha value is -0.200.